The van der Waals surface area contributed by atoms with Crippen molar-refractivity contribution in [2.75, 3.05) is 20.3 Å². The first-order valence-corrected chi connectivity index (χ1v) is 5.95. The summed E-state index contributed by atoms with van der Waals surface area (Å²) in [6.07, 6.45) is 4.01. The second-order valence-electron chi connectivity index (χ2n) is 4.03. The highest BCUT2D eigenvalue weighted by molar-refractivity contribution is 5.91. The average Bonchev–Trinajstić information content (AvgIpc) is 2.73. The lowest BCUT2D eigenvalue weighted by Crippen LogP contribution is -2.32. The molecule has 0 aromatic rings. The Morgan fingerprint density at radius 1 is 1.44 bits per heavy atom. The molecule has 0 aromatic heterocycles. The molecule has 1 rings (SSSR count). The van der Waals surface area contributed by atoms with E-state index in [2.05, 4.69) is 16.2 Å². The van der Waals surface area contributed by atoms with Gasteiger partial charge in [-0.2, -0.15) is 0 Å². The highest BCUT2D eigenvalue weighted by atomic mass is 16.5. The normalized spacial score (nSPS) is 19.3. The van der Waals surface area contributed by atoms with E-state index in [-0.39, 0.29) is 6.04 Å². The number of hydrogen-bond donors (Lipinski definition) is 0. The molecule has 100 valence electrons. The Morgan fingerprint density at radius 2 is 2.11 bits per heavy atom. The van der Waals surface area contributed by atoms with Crippen LogP contribution in [0.1, 0.15) is 19.8 Å². The molecule has 5 nitrogen and oxygen atoms in total. The van der Waals surface area contributed by atoms with Gasteiger partial charge in [0.15, 0.2) is 0 Å². The van der Waals surface area contributed by atoms with Gasteiger partial charge in [0.05, 0.1) is 13.2 Å². The van der Waals surface area contributed by atoms with Crippen molar-refractivity contribution in [1.29, 1.82) is 0 Å². The molecule has 1 fully saturated rings. The number of likely N-dealkylation sites (N-methyl/N-ethyl adjacent to an activating group) is 1. The van der Waals surface area contributed by atoms with E-state index >= 15 is 0 Å². The summed E-state index contributed by atoms with van der Waals surface area (Å²) in [5.41, 5.74) is 1.09. The summed E-state index contributed by atoms with van der Waals surface area (Å²) in [6, 6.07) is 0.193. The fraction of sp³-hybridized carbons (Fsp3) is 0.538. The monoisotopic (exact) mass is 253 g/mol. The highest BCUT2D eigenvalue weighted by Crippen LogP contribution is 2.25. The molecule has 1 saturated heterocycles. The van der Waals surface area contributed by atoms with Gasteiger partial charge in [-0.05, 0) is 19.8 Å². The van der Waals surface area contributed by atoms with Crippen LogP contribution in [0.5, 0.6) is 0 Å². The minimum Gasteiger partial charge on any atom is -0.466 e. The molecule has 1 aliphatic heterocycles. The lowest BCUT2D eigenvalue weighted by molar-refractivity contribution is -0.140. The number of carbonyl (C=O) groups is 2. The lowest BCUT2D eigenvalue weighted by Gasteiger charge is -2.25. The van der Waals surface area contributed by atoms with Crippen LogP contribution in [0.25, 0.3) is 0 Å². The van der Waals surface area contributed by atoms with Crippen LogP contribution in [0, 0.1) is 0 Å². The van der Waals surface area contributed by atoms with E-state index in [1.807, 2.05) is 6.92 Å². The molecule has 0 bridgehead atoms. The Morgan fingerprint density at radius 3 is 2.72 bits per heavy atom. The zero-order valence-corrected chi connectivity index (χ0v) is 10.8. The summed E-state index contributed by atoms with van der Waals surface area (Å²) in [4.78, 5) is 24.3. The summed E-state index contributed by atoms with van der Waals surface area (Å²) in [6.45, 7) is 7.19. The van der Waals surface area contributed by atoms with Gasteiger partial charge in [0.2, 0.25) is 0 Å². The van der Waals surface area contributed by atoms with Crippen molar-refractivity contribution in [1.82, 2.24) is 4.90 Å². The van der Waals surface area contributed by atoms with Crippen molar-refractivity contribution in [2.45, 2.75) is 25.8 Å². The summed E-state index contributed by atoms with van der Waals surface area (Å²) in [5, 5.41) is 0. The minimum atomic E-state index is -0.573. The zero-order chi connectivity index (χ0) is 13.5. The Balaban J connectivity index is 2.37. The molecule has 1 unspecified atom stereocenters. The predicted molar refractivity (Wildman–Crippen MR) is 66.7 cm³/mol. The Kier molecular flexibility index (Phi) is 5.42. The molecule has 1 heterocycles. The molecule has 0 amide bonds. The van der Waals surface area contributed by atoms with Gasteiger partial charge in [-0.1, -0.05) is 6.58 Å². The quantitative estimate of drug-likeness (QED) is 0.545. The van der Waals surface area contributed by atoms with E-state index in [0.717, 1.165) is 37.2 Å². The maximum absolute atomic E-state index is 11.3. The molecule has 0 N–H and O–H groups in total. The zero-order valence-electron chi connectivity index (χ0n) is 10.8. The van der Waals surface area contributed by atoms with Gasteiger partial charge >= 0.3 is 11.9 Å². The molecular weight excluding hydrogens is 234 g/mol. The fourth-order valence-corrected chi connectivity index (χ4v) is 1.98. The fourth-order valence-electron chi connectivity index (χ4n) is 1.98. The summed E-state index contributed by atoms with van der Waals surface area (Å²) >= 11 is 0. The van der Waals surface area contributed by atoms with Crippen molar-refractivity contribution in [2.24, 2.45) is 0 Å². The first kappa shape index (κ1) is 14.3. The van der Waals surface area contributed by atoms with E-state index in [4.69, 9.17) is 4.74 Å². The Hall–Kier alpha value is -1.78. The van der Waals surface area contributed by atoms with Gasteiger partial charge in [-0.3, -0.25) is 0 Å². The van der Waals surface area contributed by atoms with Crippen LogP contribution in [0.4, 0.5) is 0 Å². The van der Waals surface area contributed by atoms with E-state index < -0.39 is 11.9 Å². The van der Waals surface area contributed by atoms with Crippen molar-refractivity contribution in [3.05, 3.63) is 24.4 Å². The number of rotatable bonds is 5. The Bertz CT molecular complexity index is 362. The van der Waals surface area contributed by atoms with Crippen LogP contribution in [0.15, 0.2) is 24.4 Å². The van der Waals surface area contributed by atoms with E-state index in [9.17, 15) is 9.59 Å². The molecule has 18 heavy (non-hydrogen) atoms. The summed E-state index contributed by atoms with van der Waals surface area (Å²) in [5.74, 6) is -1.11. The third-order valence-electron chi connectivity index (χ3n) is 2.93. The summed E-state index contributed by atoms with van der Waals surface area (Å²) < 4.78 is 9.46. The number of ether oxygens (including phenoxy) is 2. The van der Waals surface area contributed by atoms with Gasteiger partial charge in [0.25, 0.3) is 0 Å². The molecule has 5 heteroatoms. The van der Waals surface area contributed by atoms with Crippen molar-refractivity contribution < 1.29 is 19.1 Å². The standard InChI is InChI=1S/C13H19NO4/c1-4-14-10(2)5-6-11(14)9-18-13(16)8-7-12(15)17-3/h7-8,11H,2,4-6,9H2,1,3H3/b8-7+. The minimum absolute atomic E-state index is 0.193. The van der Waals surface area contributed by atoms with Crippen molar-refractivity contribution >= 4 is 11.9 Å². The van der Waals surface area contributed by atoms with E-state index in [0.29, 0.717) is 6.61 Å². The van der Waals surface area contributed by atoms with Crippen molar-refractivity contribution in [3.8, 4) is 0 Å². The third-order valence-corrected chi connectivity index (χ3v) is 2.93. The second kappa shape index (κ2) is 6.83. The molecule has 0 radical (unpaired) electrons. The first-order valence-electron chi connectivity index (χ1n) is 5.95. The smallest absolute Gasteiger partial charge is 0.331 e. The Labute approximate surface area is 107 Å². The highest BCUT2D eigenvalue weighted by Gasteiger charge is 2.26. The predicted octanol–water partition coefficient (Wildman–Crippen LogP) is 1.26. The van der Waals surface area contributed by atoms with Gasteiger partial charge in [-0.15, -0.1) is 0 Å². The largest absolute Gasteiger partial charge is 0.466 e. The molecule has 0 spiro atoms. The number of carbonyl (C=O) groups excluding carboxylic acids is 2. The van der Waals surface area contributed by atoms with Crippen LogP contribution in [-0.4, -0.2) is 43.1 Å². The van der Waals surface area contributed by atoms with E-state index in [1.54, 1.807) is 0 Å². The average molecular weight is 253 g/mol. The van der Waals surface area contributed by atoms with Gasteiger partial charge < -0.3 is 14.4 Å². The number of allylic oxidation sites excluding steroid dienone is 1. The SMILES string of the molecule is C=C1CCC(COC(=O)/C=C/C(=O)OC)N1CC. The molecule has 1 atom stereocenters. The molecule has 0 aliphatic carbocycles. The van der Waals surface area contributed by atoms with Crippen LogP contribution >= 0.6 is 0 Å². The van der Waals surface area contributed by atoms with Crippen LogP contribution in [0.3, 0.4) is 0 Å². The molecule has 0 saturated carbocycles. The van der Waals surface area contributed by atoms with Crippen LogP contribution in [0.2, 0.25) is 0 Å². The second-order valence-corrected chi connectivity index (χ2v) is 4.03. The maximum atomic E-state index is 11.3. The van der Waals surface area contributed by atoms with Gasteiger partial charge in [-0.25, -0.2) is 9.59 Å². The third kappa shape index (κ3) is 3.91. The number of nitrogens with zero attached hydrogens (tertiary/aromatic N) is 1. The topological polar surface area (TPSA) is 55.8 Å². The lowest BCUT2D eigenvalue weighted by atomic mass is 10.2. The van der Waals surface area contributed by atoms with Gasteiger partial charge in [0, 0.05) is 24.4 Å². The van der Waals surface area contributed by atoms with E-state index in [1.165, 1.54) is 7.11 Å². The van der Waals surface area contributed by atoms with Gasteiger partial charge in [0.1, 0.15) is 6.61 Å². The summed E-state index contributed by atoms with van der Waals surface area (Å²) in [7, 11) is 1.25. The number of methoxy groups -OCH3 is 1. The van der Waals surface area contributed by atoms with Crippen LogP contribution in [-0.2, 0) is 19.1 Å². The number of hydrogen-bond acceptors (Lipinski definition) is 5. The van der Waals surface area contributed by atoms with Crippen molar-refractivity contribution in [3.63, 3.8) is 0 Å². The number of likely N-dealkylation sites (tertiary alicyclic amines) is 1. The van der Waals surface area contributed by atoms with Crippen LogP contribution < -0.4 is 0 Å². The molecule has 1 aliphatic rings. The maximum Gasteiger partial charge on any atom is 0.331 e. The first-order chi connectivity index (χ1) is 8.58. The number of esters is 2. The molecular formula is C13H19NO4. The molecule has 0 aromatic carbocycles.